The number of ether oxygens (including phenoxy) is 1. The van der Waals surface area contributed by atoms with Gasteiger partial charge in [-0.15, -0.1) is 0 Å². The zero-order valence-corrected chi connectivity index (χ0v) is 12.3. The number of halogens is 1. The second-order valence-electron chi connectivity index (χ2n) is 5.10. The third kappa shape index (κ3) is 3.37. The van der Waals surface area contributed by atoms with E-state index < -0.39 is 0 Å². The largest absolute Gasteiger partial charge is 0.484 e. The molecule has 0 heterocycles. The van der Waals surface area contributed by atoms with E-state index in [4.69, 9.17) is 16.3 Å². The first kappa shape index (κ1) is 14.0. The van der Waals surface area contributed by atoms with E-state index in [9.17, 15) is 4.79 Å². The van der Waals surface area contributed by atoms with E-state index >= 15 is 0 Å². The van der Waals surface area contributed by atoms with Crippen molar-refractivity contribution >= 4 is 17.5 Å². The molecule has 4 heteroatoms. The van der Waals surface area contributed by atoms with Crippen molar-refractivity contribution in [3.63, 3.8) is 0 Å². The predicted molar refractivity (Wildman–Crippen MR) is 82.6 cm³/mol. The Kier molecular flexibility index (Phi) is 4.11. The molecular formula is C17H16ClNO2. The number of carbonyl (C=O) groups is 1. The van der Waals surface area contributed by atoms with Gasteiger partial charge in [-0.05, 0) is 48.2 Å². The molecule has 0 radical (unpaired) electrons. The maximum absolute atomic E-state index is 12.0. The molecule has 2 aromatic rings. The van der Waals surface area contributed by atoms with Gasteiger partial charge in [0.1, 0.15) is 5.75 Å². The topological polar surface area (TPSA) is 38.3 Å². The molecule has 0 fully saturated rings. The third-order valence-electron chi connectivity index (χ3n) is 3.65. The smallest absolute Gasteiger partial charge is 0.258 e. The molecule has 0 aliphatic heterocycles. The lowest BCUT2D eigenvalue weighted by Gasteiger charge is -2.14. The van der Waals surface area contributed by atoms with E-state index in [1.54, 1.807) is 24.3 Å². The van der Waals surface area contributed by atoms with Gasteiger partial charge in [-0.1, -0.05) is 35.9 Å². The molecule has 108 valence electrons. The van der Waals surface area contributed by atoms with Crippen LogP contribution in [-0.4, -0.2) is 12.5 Å². The average molecular weight is 302 g/mol. The van der Waals surface area contributed by atoms with Gasteiger partial charge >= 0.3 is 0 Å². The minimum atomic E-state index is -0.105. The Bertz CT molecular complexity index is 639. The third-order valence-corrected chi connectivity index (χ3v) is 3.90. The van der Waals surface area contributed by atoms with E-state index in [0.29, 0.717) is 10.8 Å². The zero-order valence-electron chi connectivity index (χ0n) is 11.5. The van der Waals surface area contributed by atoms with Gasteiger partial charge in [-0.2, -0.15) is 0 Å². The molecule has 1 N–H and O–H groups in total. The average Bonchev–Trinajstić information content (AvgIpc) is 2.90. The molecule has 1 aliphatic carbocycles. The molecule has 0 unspecified atom stereocenters. The van der Waals surface area contributed by atoms with Crippen molar-refractivity contribution in [2.24, 2.45) is 0 Å². The van der Waals surface area contributed by atoms with Crippen molar-refractivity contribution in [2.45, 2.75) is 18.9 Å². The van der Waals surface area contributed by atoms with E-state index in [1.165, 1.54) is 11.1 Å². The number of rotatable bonds is 4. The molecule has 3 nitrogen and oxygen atoms in total. The number of hydrogen-bond donors (Lipinski definition) is 1. The molecule has 0 spiro atoms. The Labute approximate surface area is 128 Å². The van der Waals surface area contributed by atoms with Crippen LogP contribution < -0.4 is 10.1 Å². The highest BCUT2D eigenvalue weighted by Crippen LogP contribution is 2.30. The maximum Gasteiger partial charge on any atom is 0.258 e. The van der Waals surface area contributed by atoms with Crippen molar-refractivity contribution < 1.29 is 9.53 Å². The fourth-order valence-corrected chi connectivity index (χ4v) is 2.75. The first-order valence-corrected chi connectivity index (χ1v) is 7.36. The summed E-state index contributed by atoms with van der Waals surface area (Å²) in [5.74, 6) is 0.535. The van der Waals surface area contributed by atoms with Crippen LogP contribution in [0.4, 0.5) is 0 Å². The molecule has 0 saturated carbocycles. The van der Waals surface area contributed by atoms with Gasteiger partial charge in [0.05, 0.1) is 6.04 Å². The summed E-state index contributed by atoms with van der Waals surface area (Å²) in [6, 6.07) is 15.3. The lowest BCUT2D eigenvalue weighted by atomic mass is 10.1. The molecule has 0 aromatic heterocycles. The van der Waals surface area contributed by atoms with Gasteiger partial charge < -0.3 is 10.1 Å². The summed E-state index contributed by atoms with van der Waals surface area (Å²) in [5, 5.41) is 3.67. The molecule has 1 amide bonds. The summed E-state index contributed by atoms with van der Waals surface area (Å²) in [6.45, 7) is 0.0142. The van der Waals surface area contributed by atoms with Gasteiger partial charge in [0.25, 0.3) is 5.91 Å². The number of aryl methyl sites for hydroxylation is 1. The summed E-state index contributed by atoms with van der Waals surface area (Å²) in [6.07, 6.45) is 1.96. The van der Waals surface area contributed by atoms with Crippen molar-refractivity contribution in [1.29, 1.82) is 0 Å². The Hall–Kier alpha value is -2.00. The highest BCUT2D eigenvalue weighted by atomic mass is 35.5. The fourth-order valence-electron chi connectivity index (χ4n) is 2.62. The quantitative estimate of drug-likeness (QED) is 0.938. The van der Waals surface area contributed by atoms with Crippen LogP contribution in [0.2, 0.25) is 5.02 Å². The van der Waals surface area contributed by atoms with E-state index in [0.717, 1.165) is 12.8 Å². The van der Waals surface area contributed by atoms with Crippen LogP contribution in [0.5, 0.6) is 5.75 Å². The summed E-state index contributed by atoms with van der Waals surface area (Å²) < 4.78 is 5.45. The van der Waals surface area contributed by atoms with Crippen molar-refractivity contribution in [3.8, 4) is 5.75 Å². The second kappa shape index (κ2) is 6.19. The van der Waals surface area contributed by atoms with E-state index in [2.05, 4.69) is 17.4 Å². The van der Waals surface area contributed by atoms with Crippen molar-refractivity contribution in [3.05, 3.63) is 64.7 Å². The van der Waals surface area contributed by atoms with Gasteiger partial charge in [0.2, 0.25) is 0 Å². The highest BCUT2D eigenvalue weighted by molar-refractivity contribution is 6.30. The number of benzene rings is 2. The van der Waals surface area contributed by atoms with Gasteiger partial charge in [-0.25, -0.2) is 0 Å². The monoisotopic (exact) mass is 301 g/mol. The van der Waals surface area contributed by atoms with Crippen LogP contribution in [0.25, 0.3) is 0 Å². The number of fused-ring (bicyclic) bond motifs is 1. The maximum atomic E-state index is 12.0. The molecule has 0 saturated heterocycles. The SMILES string of the molecule is O=C(COc1ccc(Cl)cc1)N[C@@H]1CCc2ccccc21. The Morgan fingerprint density at radius 1 is 1.19 bits per heavy atom. The molecule has 0 bridgehead atoms. The molecule has 2 aromatic carbocycles. The van der Waals surface area contributed by atoms with E-state index in [1.807, 2.05) is 12.1 Å². The predicted octanol–water partition coefficient (Wildman–Crippen LogP) is 3.52. The summed E-state index contributed by atoms with van der Waals surface area (Å²) >= 11 is 5.80. The Morgan fingerprint density at radius 3 is 2.76 bits per heavy atom. The number of nitrogens with one attached hydrogen (secondary N) is 1. The summed E-state index contributed by atoms with van der Waals surface area (Å²) in [5.41, 5.74) is 2.54. The zero-order chi connectivity index (χ0) is 14.7. The lowest BCUT2D eigenvalue weighted by Crippen LogP contribution is -2.31. The molecule has 1 aliphatic rings. The van der Waals surface area contributed by atoms with Crippen LogP contribution in [0, 0.1) is 0 Å². The molecule has 21 heavy (non-hydrogen) atoms. The molecular weight excluding hydrogens is 286 g/mol. The standard InChI is InChI=1S/C17H16ClNO2/c18-13-6-8-14(9-7-13)21-11-17(20)19-16-10-5-12-3-1-2-4-15(12)16/h1-4,6-9,16H,5,10-11H2,(H,19,20)/t16-/m1/s1. The minimum Gasteiger partial charge on any atom is -0.484 e. The van der Waals surface area contributed by atoms with Crippen LogP contribution >= 0.6 is 11.6 Å². The fraction of sp³-hybridized carbons (Fsp3) is 0.235. The minimum absolute atomic E-state index is 0.0142. The first-order chi connectivity index (χ1) is 10.2. The number of amides is 1. The normalized spacial score (nSPS) is 16.3. The number of hydrogen-bond acceptors (Lipinski definition) is 2. The van der Waals surface area contributed by atoms with Gasteiger partial charge in [-0.3, -0.25) is 4.79 Å². The first-order valence-electron chi connectivity index (χ1n) is 6.98. The Morgan fingerprint density at radius 2 is 1.95 bits per heavy atom. The van der Waals surface area contributed by atoms with Crippen molar-refractivity contribution in [1.82, 2.24) is 5.32 Å². The summed E-state index contributed by atoms with van der Waals surface area (Å²) in [4.78, 5) is 12.0. The highest BCUT2D eigenvalue weighted by Gasteiger charge is 2.23. The lowest BCUT2D eigenvalue weighted by molar-refractivity contribution is -0.123. The van der Waals surface area contributed by atoms with Crippen LogP contribution in [-0.2, 0) is 11.2 Å². The molecule has 1 atom stereocenters. The molecule has 3 rings (SSSR count). The van der Waals surface area contributed by atoms with Crippen LogP contribution in [0.3, 0.4) is 0 Å². The van der Waals surface area contributed by atoms with Crippen molar-refractivity contribution in [2.75, 3.05) is 6.61 Å². The van der Waals surface area contributed by atoms with Crippen LogP contribution in [0.15, 0.2) is 48.5 Å². The van der Waals surface area contributed by atoms with Gasteiger partial charge in [0, 0.05) is 5.02 Å². The second-order valence-corrected chi connectivity index (χ2v) is 5.54. The van der Waals surface area contributed by atoms with Crippen LogP contribution in [0.1, 0.15) is 23.6 Å². The Balaban J connectivity index is 1.54. The number of carbonyl (C=O) groups excluding carboxylic acids is 1. The summed E-state index contributed by atoms with van der Waals surface area (Å²) in [7, 11) is 0. The van der Waals surface area contributed by atoms with E-state index in [-0.39, 0.29) is 18.6 Å². The van der Waals surface area contributed by atoms with Gasteiger partial charge in [0.15, 0.2) is 6.61 Å².